The summed E-state index contributed by atoms with van der Waals surface area (Å²) in [7, 11) is 0. The highest BCUT2D eigenvalue weighted by Crippen LogP contribution is 2.41. The van der Waals surface area contributed by atoms with Crippen molar-refractivity contribution in [2.24, 2.45) is 0 Å². The number of carbonyl (C=O) groups excluding carboxylic acids is 2. The van der Waals surface area contributed by atoms with Crippen LogP contribution >= 0.6 is 0 Å². The maximum Gasteiger partial charge on any atom is 0.344 e. The Bertz CT molecular complexity index is 1360. The lowest BCUT2D eigenvalue weighted by molar-refractivity contribution is -0.145. The van der Waals surface area contributed by atoms with Gasteiger partial charge in [-0.2, -0.15) is 0 Å². The van der Waals surface area contributed by atoms with Gasteiger partial charge in [-0.25, -0.2) is 9.78 Å². The summed E-state index contributed by atoms with van der Waals surface area (Å²) < 4.78 is 17.1. The smallest absolute Gasteiger partial charge is 0.344 e. The Morgan fingerprint density at radius 1 is 0.974 bits per heavy atom. The first kappa shape index (κ1) is 25.3. The number of rotatable bonds is 9. The van der Waals surface area contributed by atoms with Crippen LogP contribution in [0.15, 0.2) is 83.3 Å². The molecular formula is C31H30N2O5. The first-order chi connectivity index (χ1) is 18.5. The number of benzene rings is 3. The molecule has 1 amide bonds. The van der Waals surface area contributed by atoms with E-state index >= 15 is 0 Å². The van der Waals surface area contributed by atoms with Gasteiger partial charge in [-0.1, -0.05) is 72.8 Å². The second kappa shape index (κ2) is 11.3. The summed E-state index contributed by atoms with van der Waals surface area (Å²) in [6.45, 7) is 3.73. The van der Waals surface area contributed by atoms with Crippen molar-refractivity contribution < 1.29 is 23.5 Å². The van der Waals surface area contributed by atoms with Crippen LogP contribution in [-0.2, 0) is 27.3 Å². The lowest BCUT2D eigenvalue weighted by atomic mass is 10.1. The van der Waals surface area contributed by atoms with Crippen molar-refractivity contribution >= 4 is 11.9 Å². The predicted octanol–water partition coefficient (Wildman–Crippen LogP) is 5.99. The highest BCUT2D eigenvalue weighted by molar-refractivity contribution is 5.77. The normalized spacial score (nSPS) is 14.1. The van der Waals surface area contributed by atoms with Gasteiger partial charge in [-0.05, 0) is 37.0 Å². The third-order valence-corrected chi connectivity index (χ3v) is 6.69. The Balaban J connectivity index is 1.44. The van der Waals surface area contributed by atoms with Crippen LogP contribution in [0, 0.1) is 0 Å². The van der Waals surface area contributed by atoms with E-state index in [1.165, 1.54) is 0 Å². The van der Waals surface area contributed by atoms with Crippen molar-refractivity contribution in [3.8, 4) is 28.3 Å². The van der Waals surface area contributed by atoms with Gasteiger partial charge in [0, 0.05) is 18.1 Å². The first-order valence-corrected chi connectivity index (χ1v) is 12.8. The zero-order valence-electron chi connectivity index (χ0n) is 21.6. The molecule has 4 aromatic rings. The fraction of sp³-hybridized carbons (Fsp3) is 0.258. The van der Waals surface area contributed by atoms with Crippen molar-refractivity contribution in [2.45, 2.75) is 39.3 Å². The molecule has 0 spiro atoms. The highest BCUT2D eigenvalue weighted by Gasteiger charge is 2.33. The molecule has 0 fully saturated rings. The van der Waals surface area contributed by atoms with Crippen molar-refractivity contribution in [3.63, 3.8) is 0 Å². The minimum Gasteiger partial charge on any atom is -0.482 e. The molecule has 1 aromatic heterocycles. The molecule has 1 aliphatic rings. The van der Waals surface area contributed by atoms with Gasteiger partial charge in [-0.15, -0.1) is 0 Å². The van der Waals surface area contributed by atoms with Crippen LogP contribution in [0.4, 0.5) is 0 Å². The average molecular weight is 511 g/mol. The molecule has 0 N–H and O–H groups in total. The Kier molecular flexibility index (Phi) is 7.54. The summed E-state index contributed by atoms with van der Waals surface area (Å²) in [5.74, 6) is 1.33. The summed E-state index contributed by atoms with van der Waals surface area (Å²) in [5, 5.41) is 0. The predicted molar refractivity (Wildman–Crippen MR) is 143 cm³/mol. The molecule has 1 aliphatic carbocycles. The summed E-state index contributed by atoms with van der Waals surface area (Å²) in [5.41, 5.74) is 4.64. The molecule has 0 aliphatic heterocycles. The molecule has 0 bridgehead atoms. The molecule has 0 radical (unpaired) electrons. The van der Waals surface area contributed by atoms with Gasteiger partial charge < -0.3 is 18.8 Å². The molecule has 194 valence electrons. The molecule has 38 heavy (non-hydrogen) atoms. The summed E-state index contributed by atoms with van der Waals surface area (Å²) in [6.07, 6.45) is 1.48. The molecule has 1 unspecified atom stereocenters. The lowest BCUT2D eigenvalue weighted by Gasteiger charge is -2.27. The van der Waals surface area contributed by atoms with Gasteiger partial charge in [0.15, 0.2) is 12.4 Å². The fourth-order valence-electron chi connectivity index (χ4n) is 4.99. The van der Waals surface area contributed by atoms with E-state index in [-0.39, 0.29) is 25.1 Å². The second-order valence-electron chi connectivity index (χ2n) is 9.14. The van der Waals surface area contributed by atoms with E-state index in [4.69, 9.17) is 18.9 Å². The molecule has 7 heteroatoms. The van der Waals surface area contributed by atoms with E-state index in [2.05, 4.69) is 0 Å². The number of nitrogens with zero attached hydrogens (tertiary/aromatic N) is 2. The minimum atomic E-state index is -0.405. The number of esters is 1. The van der Waals surface area contributed by atoms with Crippen molar-refractivity contribution in [2.75, 3.05) is 13.2 Å². The molecule has 1 heterocycles. The number of fused-ring (bicyclic) bond motifs is 1. The Labute approximate surface area is 222 Å². The SMILES string of the molecule is CCOC(=O)COc1cccc2c1CCC2N(Cc1nc(-c2ccccc2)c(-c2ccccc2)o1)C(C)=O. The number of ether oxygens (including phenoxy) is 2. The second-order valence-corrected chi connectivity index (χ2v) is 9.14. The molecule has 1 atom stereocenters. The quantitative estimate of drug-likeness (QED) is 0.257. The minimum absolute atomic E-state index is 0.0681. The molecule has 5 rings (SSSR count). The van der Waals surface area contributed by atoms with Crippen LogP contribution in [0.25, 0.3) is 22.6 Å². The number of aromatic nitrogens is 1. The molecule has 0 saturated carbocycles. The van der Waals surface area contributed by atoms with E-state index in [9.17, 15) is 9.59 Å². The van der Waals surface area contributed by atoms with E-state index in [0.29, 0.717) is 24.0 Å². The maximum absolute atomic E-state index is 12.9. The standard InChI is InChI=1S/C31H30N2O5/c1-3-36-29(35)20-37-27-16-10-15-24-25(27)17-18-26(24)33(21(2)34)19-28-32-30(22-11-6-4-7-12-22)31(38-28)23-13-8-5-9-14-23/h4-16,26H,3,17-20H2,1-2H3. The zero-order valence-corrected chi connectivity index (χ0v) is 21.6. The van der Waals surface area contributed by atoms with Crippen LogP contribution in [0.5, 0.6) is 5.75 Å². The summed E-state index contributed by atoms with van der Waals surface area (Å²) >= 11 is 0. The molecule has 0 saturated heterocycles. The molecule has 7 nitrogen and oxygen atoms in total. The number of hydrogen-bond donors (Lipinski definition) is 0. The Morgan fingerprint density at radius 2 is 1.68 bits per heavy atom. The third kappa shape index (κ3) is 5.32. The zero-order chi connectivity index (χ0) is 26.5. The highest BCUT2D eigenvalue weighted by atomic mass is 16.6. The fourth-order valence-corrected chi connectivity index (χ4v) is 4.99. The average Bonchev–Trinajstić information content (AvgIpc) is 3.56. The number of carbonyl (C=O) groups is 2. The van der Waals surface area contributed by atoms with Crippen molar-refractivity contribution in [3.05, 3.63) is 95.9 Å². The first-order valence-electron chi connectivity index (χ1n) is 12.8. The van der Waals surface area contributed by atoms with Gasteiger partial charge in [0.1, 0.15) is 11.4 Å². The van der Waals surface area contributed by atoms with Gasteiger partial charge in [0.05, 0.1) is 19.2 Å². The van der Waals surface area contributed by atoms with E-state index in [1.807, 2.05) is 78.9 Å². The van der Waals surface area contributed by atoms with Crippen molar-refractivity contribution in [1.29, 1.82) is 0 Å². The van der Waals surface area contributed by atoms with Crippen LogP contribution in [0.3, 0.4) is 0 Å². The number of oxazole rings is 1. The lowest BCUT2D eigenvalue weighted by Crippen LogP contribution is -2.31. The van der Waals surface area contributed by atoms with E-state index in [0.717, 1.165) is 40.8 Å². The van der Waals surface area contributed by atoms with E-state index < -0.39 is 5.97 Å². The summed E-state index contributed by atoms with van der Waals surface area (Å²) in [6, 6.07) is 25.4. The Hall–Kier alpha value is -4.39. The van der Waals surface area contributed by atoms with Crippen molar-refractivity contribution in [1.82, 2.24) is 9.88 Å². The van der Waals surface area contributed by atoms with Crippen LogP contribution in [0.1, 0.15) is 43.3 Å². The van der Waals surface area contributed by atoms with E-state index in [1.54, 1.807) is 18.7 Å². The van der Waals surface area contributed by atoms with Gasteiger partial charge in [-0.3, -0.25) is 4.79 Å². The van der Waals surface area contributed by atoms with Crippen LogP contribution in [0.2, 0.25) is 0 Å². The monoisotopic (exact) mass is 510 g/mol. The Morgan fingerprint density at radius 3 is 2.37 bits per heavy atom. The maximum atomic E-state index is 12.9. The molecule has 3 aromatic carbocycles. The molecular weight excluding hydrogens is 480 g/mol. The number of amides is 1. The largest absolute Gasteiger partial charge is 0.482 e. The topological polar surface area (TPSA) is 81.9 Å². The third-order valence-electron chi connectivity index (χ3n) is 6.69. The van der Waals surface area contributed by atoms with Gasteiger partial charge >= 0.3 is 5.97 Å². The van der Waals surface area contributed by atoms with Crippen LogP contribution < -0.4 is 4.74 Å². The van der Waals surface area contributed by atoms with Crippen LogP contribution in [-0.4, -0.2) is 35.0 Å². The van der Waals surface area contributed by atoms with Gasteiger partial charge in [0.25, 0.3) is 0 Å². The van der Waals surface area contributed by atoms with Gasteiger partial charge in [0.2, 0.25) is 11.8 Å². The number of hydrogen-bond acceptors (Lipinski definition) is 6. The summed E-state index contributed by atoms with van der Waals surface area (Å²) in [4.78, 5) is 31.4.